The summed E-state index contributed by atoms with van der Waals surface area (Å²) < 4.78 is 11.1. The molecular formula is C18H21N3O5. The fourth-order valence-corrected chi connectivity index (χ4v) is 2.22. The third-order valence-corrected chi connectivity index (χ3v) is 3.41. The van der Waals surface area contributed by atoms with Crippen molar-refractivity contribution in [1.82, 2.24) is 15.3 Å². The topological polar surface area (TPSA) is 111 Å². The monoisotopic (exact) mass is 359 g/mol. The van der Waals surface area contributed by atoms with Crippen molar-refractivity contribution in [1.29, 1.82) is 0 Å². The van der Waals surface area contributed by atoms with Gasteiger partial charge in [-0.25, -0.2) is 14.8 Å². The summed E-state index contributed by atoms with van der Waals surface area (Å²) in [4.78, 5) is 30.2. The number of hydrogen-bond donors (Lipinski definition) is 2. The molecular weight excluding hydrogens is 338 g/mol. The number of nitrogens with one attached hydrogen (secondary N) is 1. The fourth-order valence-electron chi connectivity index (χ4n) is 2.22. The highest BCUT2D eigenvalue weighted by Gasteiger charge is 2.11. The molecule has 0 aliphatic rings. The fraction of sp³-hybridized carbons (Fsp3) is 0.333. The second-order valence-corrected chi connectivity index (χ2v) is 5.25. The van der Waals surface area contributed by atoms with Crippen molar-refractivity contribution >= 4 is 11.9 Å². The maximum atomic E-state index is 12.0. The molecule has 0 saturated heterocycles. The molecule has 26 heavy (non-hydrogen) atoms. The van der Waals surface area contributed by atoms with Crippen molar-refractivity contribution in [3.8, 4) is 11.5 Å². The molecule has 0 fully saturated rings. The van der Waals surface area contributed by atoms with Gasteiger partial charge in [0.15, 0.2) is 17.2 Å². The number of rotatable bonds is 9. The van der Waals surface area contributed by atoms with E-state index in [1.165, 1.54) is 0 Å². The van der Waals surface area contributed by atoms with Gasteiger partial charge in [0, 0.05) is 6.54 Å². The van der Waals surface area contributed by atoms with Gasteiger partial charge in [-0.05, 0) is 38.0 Å². The number of ether oxygens (including phenoxy) is 2. The van der Waals surface area contributed by atoms with Gasteiger partial charge in [-0.2, -0.15) is 0 Å². The van der Waals surface area contributed by atoms with Crippen molar-refractivity contribution in [2.24, 2.45) is 0 Å². The normalized spacial score (nSPS) is 10.2. The van der Waals surface area contributed by atoms with Gasteiger partial charge in [0.05, 0.1) is 25.6 Å². The number of carboxylic acid groups (broad SMARTS) is 1. The van der Waals surface area contributed by atoms with E-state index < -0.39 is 11.9 Å². The molecule has 0 radical (unpaired) electrons. The van der Waals surface area contributed by atoms with Gasteiger partial charge >= 0.3 is 5.97 Å². The predicted molar refractivity (Wildman–Crippen MR) is 93.8 cm³/mol. The van der Waals surface area contributed by atoms with E-state index in [1.54, 1.807) is 0 Å². The van der Waals surface area contributed by atoms with Gasteiger partial charge in [-0.3, -0.25) is 4.79 Å². The summed E-state index contributed by atoms with van der Waals surface area (Å²) in [5.41, 5.74) is 0.848. The second-order valence-electron chi connectivity index (χ2n) is 5.25. The molecule has 2 aromatic rings. The lowest BCUT2D eigenvalue weighted by molar-refractivity contribution is 0.0689. The number of hydrogen-bond acceptors (Lipinski definition) is 6. The Hall–Kier alpha value is -3.16. The first-order chi connectivity index (χ1) is 12.5. The Morgan fingerprint density at radius 2 is 1.69 bits per heavy atom. The number of carboxylic acids is 1. The molecule has 8 nitrogen and oxygen atoms in total. The maximum absolute atomic E-state index is 12.0. The van der Waals surface area contributed by atoms with Crippen molar-refractivity contribution < 1.29 is 24.2 Å². The first-order valence-corrected chi connectivity index (χ1v) is 8.27. The summed E-state index contributed by atoms with van der Waals surface area (Å²) in [7, 11) is 0. The Morgan fingerprint density at radius 1 is 1.04 bits per heavy atom. The van der Waals surface area contributed by atoms with Crippen LogP contribution in [0.4, 0.5) is 0 Å². The number of amides is 1. The van der Waals surface area contributed by atoms with E-state index in [9.17, 15) is 9.59 Å². The summed E-state index contributed by atoms with van der Waals surface area (Å²) in [5, 5.41) is 11.5. The second kappa shape index (κ2) is 9.36. The van der Waals surface area contributed by atoms with Crippen molar-refractivity contribution in [3.63, 3.8) is 0 Å². The highest BCUT2D eigenvalue weighted by Crippen LogP contribution is 2.28. The molecule has 0 aliphatic carbocycles. The van der Waals surface area contributed by atoms with Gasteiger partial charge < -0.3 is 19.9 Å². The molecule has 0 saturated carbocycles. The van der Waals surface area contributed by atoms with Crippen LogP contribution in [0, 0.1) is 0 Å². The predicted octanol–water partition coefficient (Wildman–Crippen LogP) is 1.94. The SMILES string of the molecule is CCOc1ccc(CCNC(=O)c2cnc(C(=O)O)cn2)cc1OCC. The number of benzene rings is 1. The van der Waals surface area contributed by atoms with Gasteiger partial charge in [0.2, 0.25) is 0 Å². The van der Waals surface area contributed by atoms with Crippen LogP contribution in [0.25, 0.3) is 0 Å². The van der Waals surface area contributed by atoms with Crippen LogP contribution < -0.4 is 14.8 Å². The lowest BCUT2D eigenvalue weighted by Crippen LogP contribution is -2.26. The van der Waals surface area contributed by atoms with E-state index in [2.05, 4.69) is 15.3 Å². The highest BCUT2D eigenvalue weighted by molar-refractivity contribution is 5.92. The number of nitrogens with zero attached hydrogens (tertiary/aromatic N) is 2. The Kier molecular flexibility index (Phi) is 6.90. The molecule has 138 valence electrons. The molecule has 1 heterocycles. The minimum absolute atomic E-state index is 0.0664. The van der Waals surface area contributed by atoms with Crippen molar-refractivity contribution in [2.45, 2.75) is 20.3 Å². The molecule has 0 atom stereocenters. The smallest absolute Gasteiger partial charge is 0.356 e. The molecule has 2 N–H and O–H groups in total. The number of carbonyl (C=O) groups excluding carboxylic acids is 1. The van der Waals surface area contributed by atoms with Gasteiger partial charge in [-0.1, -0.05) is 6.07 Å². The van der Waals surface area contributed by atoms with Crippen LogP contribution >= 0.6 is 0 Å². The summed E-state index contributed by atoms with van der Waals surface area (Å²) in [5.74, 6) is -0.236. The van der Waals surface area contributed by atoms with Gasteiger partial charge in [-0.15, -0.1) is 0 Å². The third-order valence-electron chi connectivity index (χ3n) is 3.41. The molecule has 0 unspecified atom stereocenters. The van der Waals surface area contributed by atoms with Crippen LogP contribution in [0.5, 0.6) is 11.5 Å². The van der Waals surface area contributed by atoms with Gasteiger partial charge in [0.25, 0.3) is 5.91 Å². The molecule has 8 heteroatoms. The van der Waals surface area contributed by atoms with E-state index in [-0.39, 0.29) is 11.4 Å². The Labute approximate surface area is 151 Å². The average molecular weight is 359 g/mol. The van der Waals surface area contributed by atoms with Crippen LogP contribution in [0.15, 0.2) is 30.6 Å². The van der Waals surface area contributed by atoms with Crippen LogP contribution in [0.1, 0.15) is 40.4 Å². The van der Waals surface area contributed by atoms with E-state index >= 15 is 0 Å². The van der Waals surface area contributed by atoms with Crippen molar-refractivity contribution in [2.75, 3.05) is 19.8 Å². The van der Waals surface area contributed by atoms with E-state index in [0.29, 0.717) is 37.7 Å². The van der Waals surface area contributed by atoms with E-state index in [4.69, 9.17) is 14.6 Å². The zero-order chi connectivity index (χ0) is 18.9. The zero-order valence-electron chi connectivity index (χ0n) is 14.7. The zero-order valence-corrected chi connectivity index (χ0v) is 14.7. The largest absolute Gasteiger partial charge is 0.490 e. The molecule has 2 rings (SSSR count). The summed E-state index contributed by atoms with van der Waals surface area (Å²) >= 11 is 0. The van der Waals surface area contributed by atoms with Crippen LogP contribution in [0.3, 0.4) is 0 Å². The Bertz CT molecular complexity index is 762. The lowest BCUT2D eigenvalue weighted by Gasteiger charge is -2.12. The third kappa shape index (κ3) is 5.17. The molecule has 0 bridgehead atoms. The number of aromatic nitrogens is 2. The molecule has 0 spiro atoms. The van der Waals surface area contributed by atoms with Crippen LogP contribution in [-0.4, -0.2) is 46.7 Å². The molecule has 1 aromatic heterocycles. The summed E-state index contributed by atoms with van der Waals surface area (Å²) in [6.07, 6.45) is 2.79. The van der Waals surface area contributed by atoms with E-state index in [0.717, 1.165) is 18.0 Å². The van der Waals surface area contributed by atoms with Gasteiger partial charge in [0.1, 0.15) is 5.69 Å². The molecule has 1 aromatic carbocycles. The quantitative estimate of drug-likeness (QED) is 0.704. The first-order valence-electron chi connectivity index (χ1n) is 8.27. The lowest BCUT2D eigenvalue weighted by atomic mass is 10.1. The molecule has 0 aliphatic heterocycles. The summed E-state index contributed by atoms with van der Waals surface area (Å²) in [6, 6.07) is 5.66. The standard InChI is InChI=1S/C18H21N3O5/c1-3-25-15-6-5-12(9-16(15)26-4-2)7-8-19-17(22)13-10-21-14(11-20-13)18(23)24/h5-6,9-11H,3-4,7-8H2,1-2H3,(H,19,22)(H,23,24). The maximum Gasteiger partial charge on any atom is 0.356 e. The first kappa shape index (κ1) is 19.2. The van der Waals surface area contributed by atoms with Crippen LogP contribution in [0.2, 0.25) is 0 Å². The Balaban J connectivity index is 1.93. The average Bonchev–Trinajstić information content (AvgIpc) is 2.64. The summed E-state index contributed by atoms with van der Waals surface area (Å²) in [6.45, 7) is 5.29. The molecule has 1 amide bonds. The Morgan fingerprint density at radius 3 is 2.31 bits per heavy atom. The van der Waals surface area contributed by atoms with Crippen molar-refractivity contribution in [3.05, 3.63) is 47.5 Å². The minimum Gasteiger partial charge on any atom is -0.490 e. The highest BCUT2D eigenvalue weighted by atomic mass is 16.5. The number of carbonyl (C=O) groups is 2. The van der Waals surface area contributed by atoms with Crippen LogP contribution in [-0.2, 0) is 6.42 Å². The van der Waals surface area contributed by atoms with E-state index in [1.807, 2.05) is 32.0 Å². The minimum atomic E-state index is -1.19. The number of aromatic carboxylic acids is 1.